The van der Waals surface area contributed by atoms with E-state index in [0.717, 1.165) is 19.3 Å². The van der Waals surface area contributed by atoms with Crippen LogP contribution in [0.4, 0.5) is 0 Å². The van der Waals surface area contributed by atoms with Gasteiger partial charge in [-0.3, -0.25) is 4.79 Å². The fraction of sp³-hybridized carbons (Fsp3) is 0.889. The summed E-state index contributed by atoms with van der Waals surface area (Å²) in [7, 11) is 1.70. The third kappa shape index (κ3) is 3.74. The molecule has 1 heterocycles. The summed E-state index contributed by atoms with van der Waals surface area (Å²) in [5, 5.41) is 14.5. The molecule has 1 aliphatic rings. The number of hydrogen-bond acceptors (Lipinski definition) is 2. The molecule has 1 fully saturated rings. The van der Waals surface area contributed by atoms with Gasteiger partial charge < -0.3 is 15.2 Å². The van der Waals surface area contributed by atoms with Crippen molar-refractivity contribution in [3.63, 3.8) is 0 Å². The summed E-state index contributed by atoms with van der Waals surface area (Å²) in [5.41, 5.74) is 0. The molecule has 1 aliphatic heterocycles. The zero-order valence-corrected chi connectivity index (χ0v) is 8.38. The van der Waals surface area contributed by atoms with E-state index in [1.807, 2.05) is 0 Å². The number of carbonyl (C=O) groups excluding carboxylic acids is 1. The molecule has 4 heteroatoms. The van der Waals surface area contributed by atoms with E-state index in [-0.39, 0.29) is 16.6 Å². The molecule has 1 N–H and O–H groups in total. The van der Waals surface area contributed by atoms with Gasteiger partial charge in [0.15, 0.2) is 0 Å². The summed E-state index contributed by atoms with van der Waals surface area (Å²) in [6.45, 7) is 2.82. The van der Waals surface area contributed by atoms with Crippen molar-refractivity contribution in [2.45, 2.75) is 32.2 Å². The summed E-state index contributed by atoms with van der Waals surface area (Å²) in [4.78, 5) is 10.8. The third-order valence-electron chi connectivity index (χ3n) is 2.54. The maximum absolute atomic E-state index is 11.6. The minimum absolute atomic E-state index is 0.00648. The first kappa shape index (κ1) is 10.5. The van der Waals surface area contributed by atoms with E-state index in [2.05, 4.69) is 5.32 Å². The molecule has 0 bridgehead atoms. The van der Waals surface area contributed by atoms with Crippen molar-refractivity contribution < 1.29 is 9.44 Å². The van der Waals surface area contributed by atoms with Crippen molar-refractivity contribution in [3.05, 3.63) is 5.21 Å². The van der Waals surface area contributed by atoms with Crippen LogP contribution in [-0.4, -0.2) is 36.7 Å². The minimum atomic E-state index is -0.157. The molecular formula is C9H18N2O2. The van der Waals surface area contributed by atoms with Crippen LogP contribution < -0.4 is 5.32 Å². The zero-order valence-electron chi connectivity index (χ0n) is 8.38. The molecule has 1 saturated heterocycles. The van der Waals surface area contributed by atoms with E-state index in [1.54, 1.807) is 7.05 Å². The van der Waals surface area contributed by atoms with Gasteiger partial charge >= 0.3 is 0 Å². The molecule has 13 heavy (non-hydrogen) atoms. The van der Waals surface area contributed by atoms with Crippen molar-refractivity contribution in [1.29, 1.82) is 0 Å². The Bertz CT molecular complexity index is 192. The largest absolute Gasteiger partial charge is 0.633 e. The Morgan fingerprint density at radius 2 is 2.15 bits per heavy atom. The molecule has 0 aliphatic carbocycles. The van der Waals surface area contributed by atoms with E-state index in [1.165, 1.54) is 6.92 Å². The van der Waals surface area contributed by atoms with E-state index in [9.17, 15) is 10.0 Å². The fourth-order valence-corrected chi connectivity index (χ4v) is 1.79. The van der Waals surface area contributed by atoms with Gasteiger partial charge in [0.2, 0.25) is 5.91 Å². The molecule has 0 aromatic rings. The summed E-state index contributed by atoms with van der Waals surface area (Å²) in [6, 6.07) is 0.214. The molecule has 0 radical (unpaired) electrons. The monoisotopic (exact) mass is 186 g/mol. The van der Waals surface area contributed by atoms with Crippen LogP contribution in [0, 0.1) is 5.21 Å². The highest BCUT2D eigenvalue weighted by atomic mass is 16.5. The first-order chi connectivity index (χ1) is 5.99. The number of nitrogens with zero attached hydrogens (tertiary/aromatic N) is 1. The van der Waals surface area contributed by atoms with Crippen LogP contribution in [0.3, 0.4) is 0 Å². The molecule has 1 rings (SSSR count). The zero-order chi connectivity index (χ0) is 9.90. The number of hydroxylamine groups is 3. The van der Waals surface area contributed by atoms with E-state index in [4.69, 9.17) is 0 Å². The van der Waals surface area contributed by atoms with Crippen molar-refractivity contribution >= 4 is 5.91 Å². The average Bonchev–Trinajstić information content (AvgIpc) is 2.12. The summed E-state index contributed by atoms with van der Waals surface area (Å²) in [6.07, 6.45) is 2.65. The van der Waals surface area contributed by atoms with Crippen molar-refractivity contribution in [2.24, 2.45) is 0 Å². The second-order valence-electron chi connectivity index (χ2n) is 4.07. The topological polar surface area (TPSA) is 52.2 Å². The number of amides is 1. The van der Waals surface area contributed by atoms with Crippen LogP contribution in [0.5, 0.6) is 0 Å². The lowest BCUT2D eigenvalue weighted by Gasteiger charge is -2.37. The van der Waals surface area contributed by atoms with Crippen LogP contribution in [0.1, 0.15) is 26.2 Å². The lowest BCUT2D eigenvalue weighted by Crippen LogP contribution is -2.39. The molecular weight excluding hydrogens is 168 g/mol. The van der Waals surface area contributed by atoms with E-state index < -0.39 is 0 Å². The normalized spacial score (nSPS) is 35.2. The van der Waals surface area contributed by atoms with Crippen LogP contribution in [0.2, 0.25) is 0 Å². The van der Waals surface area contributed by atoms with E-state index >= 15 is 0 Å². The Morgan fingerprint density at radius 3 is 2.77 bits per heavy atom. The molecule has 2 atom stereocenters. The Balaban J connectivity index is 2.40. The van der Waals surface area contributed by atoms with Gasteiger partial charge in [-0.1, -0.05) is 0 Å². The lowest BCUT2D eigenvalue weighted by atomic mass is 10.1. The molecule has 76 valence electrons. The first-order valence-electron chi connectivity index (χ1n) is 4.82. The van der Waals surface area contributed by atoms with Gasteiger partial charge in [0.25, 0.3) is 0 Å². The molecule has 2 unspecified atom stereocenters. The second kappa shape index (κ2) is 4.07. The van der Waals surface area contributed by atoms with Crippen molar-refractivity contribution in [2.75, 3.05) is 20.1 Å². The summed E-state index contributed by atoms with van der Waals surface area (Å²) in [5.74, 6) is 0.00648. The highest BCUT2D eigenvalue weighted by Crippen LogP contribution is 2.14. The Kier molecular flexibility index (Phi) is 3.27. The van der Waals surface area contributed by atoms with Crippen molar-refractivity contribution in [1.82, 2.24) is 5.32 Å². The van der Waals surface area contributed by atoms with Crippen molar-refractivity contribution in [3.8, 4) is 0 Å². The van der Waals surface area contributed by atoms with E-state index in [0.29, 0.717) is 13.1 Å². The van der Waals surface area contributed by atoms with Gasteiger partial charge in [-0.2, -0.15) is 0 Å². The number of likely N-dealkylation sites (tertiary alicyclic amines) is 1. The number of hydrogen-bond donors (Lipinski definition) is 1. The number of quaternary nitrogens is 1. The average molecular weight is 186 g/mol. The predicted octanol–water partition coefficient (Wildman–Crippen LogP) is 0.619. The smallest absolute Gasteiger partial charge is 0.217 e. The molecule has 0 spiro atoms. The van der Waals surface area contributed by atoms with Gasteiger partial charge in [0, 0.05) is 19.4 Å². The Hall–Kier alpha value is -0.610. The third-order valence-corrected chi connectivity index (χ3v) is 2.54. The Labute approximate surface area is 79.1 Å². The fourth-order valence-electron chi connectivity index (χ4n) is 1.79. The standard InChI is InChI=1S/C9H18N2O2/c1-8(12)10-9-4-3-6-11(2,13)7-5-9/h9H,3-7H2,1-2H3,(H,10,12). The summed E-state index contributed by atoms with van der Waals surface area (Å²) >= 11 is 0. The summed E-state index contributed by atoms with van der Waals surface area (Å²) < 4.78 is -0.157. The number of rotatable bonds is 1. The SMILES string of the molecule is CC(=O)NC1CCC[N+](C)([O-])CC1. The van der Waals surface area contributed by atoms with Crippen LogP contribution in [0.25, 0.3) is 0 Å². The molecule has 0 saturated carbocycles. The molecule has 0 aromatic carbocycles. The number of nitrogens with one attached hydrogen (secondary N) is 1. The Morgan fingerprint density at radius 1 is 1.46 bits per heavy atom. The van der Waals surface area contributed by atoms with Gasteiger partial charge in [0.05, 0.1) is 20.1 Å². The van der Waals surface area contributed by atoms with Gasteiger partial charge in [-0.15, -0.1) is 0 Å². The number of carbonyl (C=O) groups is 1. The van der Waals surface area contributed by atoms with Gasteiger partial charge in [0.1, 0.15) is 0 Å². The highest BCUT2D eigenvalue weighted by molar-refractivity contribution is 5.73. The van der Waals surface area contributed by atoms with Gasteiger partial charge in [-0.05, 0) is 12.8 Å². The predicted molar refractivity (Wildman–Crippen MR) is 50.7 cm³/mol. The first-order valence-corrected chi connectivity index (χ1v) is 4.82. The lowest BCUT2D eigenvalue weighted by molar-refractivity contribution is -0.859. The molecule has 0 aromatic heterocycles. The maximum Gasteiger partial charge on any atom is 0.217 e. The minimum Gasteiger partial charge on any atom is -0.633 e. The molecule has 1 amide bonds. The van der Waals surface area contributed by atoms with Crippen LogP contribution >= 0.6 is 0 Å². The van der Waals surface area contributed by atoms with Crippen LogP contribution in [0.15, 0.2) is 0 Å². The highest BCUT2D eigenvalue weighted by Gasteiger charge is 2.20. The van der Waals surface area contributed by atoms with Crippen LogP contribution in [-0.2, 0) is 4.79 Å². The maximum atomic E-state index is 11.6. The quantitative estimate of drug-likeness (QED) is 0.482. The van der Waals surface area contributed by atoms with Gasteiger partial charge in [-0.25, -0.2) is 0 Å². The molecule has 4 nitrogen and oxygen atoms in total. The second-order valence-corrected chi connectivity index (χ2v) is 4.07.